The summed E-state index contributed by atoms with van der Waals surface area (Å²) in [5.74, 6) is -1.24. The van der Waals surface area contributed by atoms with Crippen molar-refractivity contribution in [3.63, 3.8) is 0 Å². The van der Waals surface area contributed by atoms with Gasteiger partial charge in [0.2, 0.25) is 0 Å². The smallest absolute Gasteiger partial charge is 0.356 e. The number of aromatic carboxylic acids is 1. The number of pyridine rings is 1. The number of benzene rings is 1. The molecule has 0 radical (unpaired) electrons. The lowest BCUT2D eigenvalue weighted by Crippen LogP contribution is -2.21. The number of carboxylic acid groups (broad SMARTS) is 1. The van der Waals surface area contributed by atoms with Crippen LogP contribution in [0.1, 0.15) is 10.5 Å². The number of nitrogens with zero attached hydrogens (tertiary/aromatic N) is 1. The van der Waals surface area contributed by atoms with Gasteiger partial charge in [-0.25, -0.2) is 14.6 Å². The molecule has 3 N–H and O–H groups in total. The summed E-state index contributed by atoms with van der Waals surface area (Å²) in [7, 11) is 0. The Balaban J connectivity index is 2.14. The maximum absolute atomic E-state index is 11.9. The van der Waals surface area contributed by atoms with Gasteiger partial charge in [-0.3, -0.25) is 0 Å². The summed E-state index contributed by atoms with van der Waals surface area (Å²) in [4.78, 5) is 26.5. The molecule has 0 atom stereocenters. The molecule has 1 heterocycles. The van der Waals surface area contributed by atoms with Crippen LogP contribution < -0.4 is 10.6 Å². The SMILES string of the molecule is O=C(Nc1ccc(Cl)cc1Cl)Nc1cccnc1C(=O)O. The Labute approximate surface area is 129 Å². The molecule has 0 aliphatic rings. The largest absolute Gasteiger partial charge is 0.476 e. The number of anilines is 2. The molecule has 8 heteroatoms. The van der Waals surface area contributed by atoms with Crippen molar-refractivity contribution < 1.29 is 14.7 Å². The number of halogens is 2. The molecular formula is C13H9Cl2N3O3. The molecule has 1 aromatic heterocycles. The van der Waals surface area contributed by atoms with Gasteiger partial charge in [0.15, 0.2) is 5.69 Å². The third kappa shape index (κ3) is 3.84. The number of amides is 2. The summed E-state index contributed by atoms with van der Waals surface area (Å²) in [6.45, 7) is 0. The first kappa shape index (κ1) is 15.1. The minimum Gasteiger partial charge on any atom is -0.476 e. The second-order valence-corrected chi connectivity index (χ2v) is 4.75. The second-order valence-electron chi connectivity index (χ2n) is 3.91. The van der Waals surface area contributed by atoms with Crippen molar-refractivity contribution in [3.8, 4) is 0 Å². The lowest BCUT2D eigenvalue weighted by molar-refractivity contribution is 0.0692. The second kappa shape index (κ2) is 6.43. The van der Waals surface area contributed by atoms with Crippen LogP contribution in [0, 0.1) is 0 Å². The number of urea groups is 1. The molecule has 2 aromatic rings. The molecular weight excluding hydrogens is 317 g/mol. The number of carboxylic acids is 1. The van der Waals surface area contributed by atoms with Crippen molar-refractivity contribution in [1.29, 1.82) is 0 Å². The Hall–Kier alpha value is -2.31. The first-order chi connectivity index (χ1) is 9.97. The average Bonchev–Trinajstić information content (AvgIpc) is 2.42. The van der Waals surface area contributed by atoms with Gasteiger partial charge in [-0.1, -0.05) is 23.2 Å². The van der Waals surface area contributed by atoms with Gasteiger partial charge >= 0.3 is 12.0 Å². The van der Waals surface area contributed by atoms with Crippen LogP contribution in [0.25, 0.3) is 0 Å². The predicted octanol–water partition coefficient (Wildman–Crippen LogP) is 3.73. The molecule has 0 saturated heterocycles. The van der Waals surface area contributed by atoms with Gasteiger partial charge in [-0.05, 0) is 30.3 Å². The van der Waals surface area contributed by atoms with Crippen molar-refractivity contribution in [3.05, 3.63) is 52.3 Å². The molecule has 6 nitrogen and oxygen atoms in total. The molecule has 0 spiro atoms. The van der Waals surface area contributed by atoms with Crippen molar-refractivity contribution >= 4 is 46.6 Å². The van der Waals surface area contributed by atoms with Crippen LogP contribution in [0.4, 0.5) is 16.2 Å². The average molecular weight is 326 g/mol. The number of aromatic nitrogens is 1. The van der Waals surface area contributed by atoms with Gasteiger partial charge < -0.3 is 15.7 Å². The van der Waals surface area contributed by atoms with E-state index >= 15 is 0 Å². The summed E-state index contributed by atoms with van der Waals surface area (Å²) in [6, 6.07) is 6.87. The molecule has 0 aliphatic carbocycles. The van der Waals surface area contributed by atoms with Crippen molar-refractivity contribution in [2.75, 3.05) is 10.6 Å². The van der Waals surface area contributed by atoms with Crippen LogP contribution in [-0.4, -0.2) is 22.1 Å². The van der Waals surface area contributed by atoms with Crippen LogP contribution in [0.2, 0.25) is 10.0 Å². The molecule has 2 rings (SSSR count). The van der Waals surface area contributed by atoms with Gasteiger partial charge in [-0.15, -0.1) is 0 Å². The first-order valence-electron chi connectivity index (χ1n) is 5.69. The molecule has 108 valence electrons. The summed E-state index contributed by atoms with van der Waals surface area (Å²) in [6.07, 6.45) is 1.32. The molecule has 0 aliphatic heterocycles. The fraction of sp³-hybridized carbons (Fsp3) is 0. The minimum atomic E-state index is -1.24. The molecule has 2 amide bonds. The van der Waals surface area contributed by atoms with Crippen LogP contribution in [0.3, 0.4) is 0 Å². The zero-order valence-corrected chi connectivity index (χ0v) is 11.9. The molecule has 0 fully saturated rings. The lowest BCUT2D eigenvalue weighted by atomic mass is 10.3. The van der Waals surface area contributed by atoms with Crippen molar-refractivity contribution in [2.45, 2.75) is 0 Å². The monoisotopic (exact) mass is 325 g/mol. The summed E-state index contributed by atoms with van der Waals surface area (Å²) in [5, 5.41) is 14.6. The number of hydrogen-bond donors (Lipinski definition) is 3. The van der Waals surface area contributed by atoms with E-state index in [0.717, 1.165) is 0 Å². The Morgan fingerprint density at radius 3 is 2.48 bits per heavy atom. The number of carbonyl (C=O) groups is 2. The number of nitrogens with one attached hydrogen (secondary N) is 2. The Bertz CT molecular complexity index is 707. The Morgan fingerprint density at radius 2 is 1.81 bits per heavy atom. The van der Waals surface area contributed by atoms with Gasteiger partial charge in [0.1, 0.15) is 0 Å². The van der Waals surface area contributed by atoms with Crippen LogP contribution >= 0.6 is 23.2 Å². The summed E-state index contributed by atoms with van der Waals surface area (Å²) >= 11 is 11.7. The quantitative estimate of drug-likeness (QED) is 0.801. The summed E-state index contributed by atoms with van der Waals surface area (Å²) < 4.78 is 0. The maximum Gasteiger partial charge on any atom is 0.356 e. The first-order valence-corrected chi connectivity index (χ1v) is 6.44. The molecule has 0 unspecified atom stereocenters. The van der Waals surface area contributed by atoms with E-state index in [1.54, 1.807) is 6.07 Å². The fourth-order valence-corrected chi connectivity index (χ4v) is 2.00. The molecule has 0 saturated carbocycles. The fourth-order valence-electron chi connectivity index (χ4n) is 1.54. The predicted molar refractivity (Wildman–Crippen MR) is 80.3 cm³/mol. The standard InChI is InChI=1S/C13H9Cl2N3O3/c14-7-3-4-9(8(15)6-7)17-13(21)18-10-2-1-5-16-11(10)12(19)20/h1-6H,(H,19,20)(H2,17,18,21). The van der Waals surface area contributed by atoms with E-state index < -0.39 is 12.0 Å². The van der Waals surface area contributed by atoms with Gasteiger partial charge in [-0.2, -0.15) is 0 Å². The van der Waals surface area contributed by atoms with Gasteiger partial charge in [0, 0.05) is 11.2 Å². The highest BCUT2D eigenvalue weighted by atomic mass is 35.5. The highest BCUT2D eigenvalue weighted by Gasteiger charge is 2.14. The van der Waals surface area contributed by atoms with E-state index in [4.69, 9.17) is 28.3 Å². The number of carbonyl (C=O) groups excluding carboxylic acids is 1. The number of hydrogen-bond acceptors (Lipinski definition) is 3. The summed E-state index contributed by atoms with van der Waals surface area (Å²) in [5.41, 5.74) is 0.168. The third-order valence-electron chi connectivity index (χ3n) is 2.44. The highest BCUT2D eigenvalue weighted by Crippen LogP contribution is 2.25. The van der Waals surface area contributed by atoms with Crippen LogP contribution in [-0.2, 0) is 0 Å². The van der Waals surface area contributed by atoms with Crippen LogP contribution in [0.5, 0.6) is 0 Å². The Morgan fingerprint density at radius 1 is 1.10 bits per heavy atom. The zero-order valence-electron chi connectivity index (χ0n) is 10.4. The van der Waals surface area contributed by atoms with Gasteiger partial charge in [0.05, 0.1) is 16.4 Å². The molecule has 1 aromatic carbocycles. The van der Waals surface area contributed by atoms with Gasteiger partial charge in [0.25, 0.3) is 0 Å². The van der Waals surface area contributed by atoms with E-state index in [-0.39, 0.29) is 16.4 Å². The van der Waals surface area contributed by atoms with E-state index in [1.165, 1.54) is 30.5 Å². The van der Waals surface area contributed by atoms with E-state index in [1.807, 2.05) is 0 Å². The van der Waals surface area contributed by atoms with Crippen molar-refractivity contribution in [2.24, 2.45) is 0 Å². The third-order valence-corrected chi connectivity index (χ3v) is 2.99. The molecule has 0 bridgehead atoms. The number of rotatable bonds is 3. The zero-order chi connectivity index (χ0) is 15.4. The molecule has 21 heavy (non-hydrogen) atoms. The van der Waals surface area contributed by atoms with Crippen LogP contribution in [0.15, 0.2) is 36.5 Å². The highest BCUT2D eigenvalue weighted by molar-refractivity contribution is 6.36. The topological polar surface area (TPSA) is 91.3 Å². The lowest BCUT2D eigenvalue weighted by Gasteiger charge is -2.10. The Kier molecular flexibility index (Phi) is 4.62. The van der Waals surface area contributed by atoms with E-state index in [2.05, 4.69) is 15.6 Å². The van der Waals surface area contributed by atoms with E-state index in [9.17, 15) is 9.59 Å². The minimum absolute atomic E-state index is 0.0765. The van der Waals surface area contributed by atoms with E-state index in [0.29, 0.717) is 10.7 Å². The maximum atomic E-state index is 11.9. The van der Waals surface area contributed by atoms with Crippen molar-refractivity contribution in [1.82, 2.24) is 4.98 Å². The normalized spacial score (nSPS) is 10.0.